The highest BCUT2D eigenvalue weighted by Gasteiger charge is 2.15. The summed E-state index contributed by atoms with van der Waals surface area (Å²) in [6, 6.07) is 11.9. The average Bonchev–Trinajstić information content (AvgIpc) is 2.87. The Morgan fingerprint density at radius 2 is 2.00 bits per heavy atom. The van der Waals surface area contributed by atoms with Gasteiger partial charge in [0.15, 0.2) is 0 Å². The number of rotatable bonds is 3. The number of nitrogens with zero attached hydrogens (tertiary/aromatic N) is 2. The van der Waals surface area contributed by atoms with Crippen LogP contribution in [0.15, 0.2) is 48.8 Å². The second kappa shape index (κ2) is 5.65. The van der Waals surface area contributed by atoms with Crippen LogP contribution in [-0.4, -0.2) is 9.38 Å². The van der Waals surface area contributed by atoms with Gasteiger partial charge in [-0.25, -0.2) is 4.98 Å². The van der Waals surface area contributed by atoms with Crippen molar-refractivity contribution in [2.24, 2.45) is 0 Å². The summed E-state index contributed by atoms with van der Waals surface area (Å²) in [6.45, 7) is 6.89. The first-order chi connectivity index (χ1) is 10.4. The van der Waals surface area contributed by atoms with E-state index in [1.165, 1.54) is 5.56 Å². The molecule has 22 heavy (non-hydrogen) atoms. The van der Waals surface area contributed by atoms with E-state index in [-0.39, 0.29) is 5.41 Å². The minimum absolute atomic E-state index is 0.0732. The van der Waals surface area contributed by atoms with Gasteiger partial charge in [0, 0.05) is 12.4 Å². The number of pyridine rings is 1. The summed E-state index contributed by atoms with van der Waals surface area (Å²) in [5.74, 6) is 0.687. The van der Waals surface area contributed by atoms with E-state index in [4.69, 9.17) is 16.3 Å². The predicted molar refractivity (Wildman–Crippen MR) is 89.7 cm³/mol. The lowest BCUT2D eigenvalue weighted by Crippen LogP contribution is -2.10. The lowest BCUT2D eigenvalue weighted by atomic mass is 9.87. The summed E-state index contributed by atoms with van der Waals surface area (Å²) in [5.41, 5.74) is 3.05. The molecule has 0 aliphatic carbocycles. The minimum Gasteiger partial charge on any atom is -0.486 e. The first-order valence-corrected chi connectivity index (χ1v) is 7.67. The van der Waals surface area contributed by atoms with Crippen molar-refractivity contribution >= 4 is 17.2 Å². The minimum atomic E-state index is 0.0732. The molecule has 4 heteroatoms. The maximum atomic E-state index is 6.33. The summed E-state index contributed by atoms with van der Waals surface area (Å²) in [6.07, 6.45) is 3.93. The molecule has 0 unspecified atom stereocenters. The Morgan fingerprint density at radius 3 is 2.68 bits per heavy atom. The Balaban J connectivity index is 1.76. The van der Waals surface area contributed by atoms with Gasteiger partial charge in [0.1, 0.15) is 18.0 Å². The fraction of sp³-hybridized carbons (Fsp3) is 0.278. The normalized spacial score (nSPS) is 11.8. The van der Waals surface area contributed by atoms with E-state index < -0.39 is 0 Å². The van der Waals surface area contributed by atoms with E-state index in [1.54, 1.807) is 0 Å². The molecule has 0 atom stereocenters. The van der Waals surface area contributed by atoms with Gasteiger partial charge >= 0.3 is 0 Å². The van der Waals surface area contributed by atoms with Crippen LogP contribution in [0.25, 0.3) is 5.65 Å². The van der Waals surface area contributed by atoms with Crippen LogP contribution in [0.1, 0.15) is 32.0 Å². The number of halogens is 1. The standard InChI is InChI=1S/C18H19ClN2O/c1-18(2,3)13-7-8-16(15(19)10-13)22-12-14-11-21-9-5-4-6-17(21)20-14/h4-11H,12H2,1-3H3. The van der Waals surface area contributed by atoms with Gasteiger partial charge in [0.25, 0.3) is 0 Å². The molecule has 0 saturated carbocycles. The fourth-order valence-electron chi connectivity index (χ4n) is 2.29. The molecule has 0 aliphatic rings. The van der Waals surface area contributed by atoms with E-state index in [0.717, 1.165) is 11.3 Å². The van der Waals surface area contributed by atoms with Gasteiger partial charge in [-0.05, 0) is 35.2 Å². The molecule has 0 radical (unpaired) electrons. The molecule has 3 nitrogen and oxygen atoms in total. The van der Waals surface area contributed by atoms with Crippen LogP contribution >= 0.6 is 11.6 Å². The van der Waals surface area contributed by atoms with Crippen LogP contribution in [0.2, 0.25) is 5.02 Å². The second-order valence-corrected chi connectivity index (χ2v) is 6.79. The molecule has 0 spiro atoms. The van der Waals surface area contributed by atoms with Gasteiger partial charge in [-0.1, -0.05) is 44.5 Å². The Labute approximate surface area is 135 Å². The summed E-state index contributed by atoms with van der Waals surface area (Å²) >= 11 is 6.33. The molecule has 3 aromatic rings. The molecular formula is C18H19ClN2O. The highest BCUT2D eigenvalue weighted by molar-refractivity contribution is 6.32. The van der Waals surface area contributed by atoms with Crippen molar-refractivity contribution in [1.29, 1.82) is 0 Å². The summed E-state index contributed by atoms with van der Waals surface area (Å²) < 4.78 is 7.79. The fourth-order valence-corrected chi connectivity index (χ4v) is 2.53. The Hall–Kier alpha value is -2.00. The molecule has 0 saturated heterocycles. The Bertz CT molecular complexity index is 769. The number of hydrogen-bond donors (Lipinski definition) is 0. The van der Waals surface area contributed by atoms with Crippen LogP contribution in [-0.2, 0) is 12.0 Å². The number of hydrogen-bond acceptors (Lipinski definition) is 2. The van der Waals surface area contributed by atoms with Gasteiger partial charge in [0.05, 0.1) is 10.7 Å². The topological polar surface area (TPSA) is 26.5 Å². The van der Waals surface area contributed by atoms with Gasteiger partial charge in [-0.2, -0.15) is 0 Å². The molecule has 3 rings (SSSR count). The zero-order chi connectivity index (χ0) is 15.7. The van der Waals surface area contributed by atoms with E-state index >= 15 is 0 Å². The van der Waals surface area contributed by atoms with Crippen molar-refractivity contribution in [3.8, 4) is 5.75 Å². The van der Waals surface area contributed by atoms with E-state index in [9.17, 15) is 0 Å². The maximum Gasteiger partial charge on any atom is 0.138 e. The molecule has 2 aromatic heterocycles. The third-order valence-corrected chi connectivity index (χ3v) is 3.88. The monoisotopic (exact) mass is 314 g/mol. The van der Waals surface area contributed by atoms with E-state index in [0.29, 0.717) is 17.4 Å². The number of ether oxygens (including phenoxy) is 1. The average molecular weight is 315 g/mol. The van der Waals surface area contributed by atoms with Gasteiger partial charge in [-0.15, -0.1) is 0 Å². The van der Waals surface area contributed by atoms with Crippen LogP contribution in [0.5, 0.6) is 5.75 Å². The van der Waals surface area contributed by atoms with E-state index in [1.807, 2.05) is 47.1 Å². The Morgan fingerprint density at radius 1 is 1.18 bits per heavy atom. The molecule has 0 fully saturated rings. The third-order valence-electron chi connectivity index (χ3n) is 3.59. The molecule has 2 heterocycles. The maximum absolute atomic E-state index is 6.33. The molecule has 1 aromatic carbocycles. The third kappa shape index (κ3) is 3.09. The highest BCUT2D eigenvalue weighted by Crippen LogP contribution is 2.31. The van der Waals surface area contributed by atoms with Crippen LogP contribution < -0.4 is 4.74 Å². The van der Waals surface area contributed by atoms with Crippen molar-refractivity contribution in [1.82, 2.24) is 9.38 Å². The molecule has 0 amide bonds. The summed E-state index contributed by atoms with van der Waals surface area (Å²) in [4.78, 5) is 4.51. The Kier molecular flexibility index (Phi) is 3.83. The van der Waals surface area contributed by atoms with E-state index in [2.05, 4.69) is 31.8 Å². The number of benzene rings is 1. The molecule has 0 bridgehead atoms. The SMILES string of the molecule is CC(C)(C)c1ccc(OCc2cn3ccccc3n2)c(Cl)c1. The molecule has 0 N–H and O–H groups in total. The van der Waals surface area contributed by atoms with Crippen LogP contribution in [0, 0.1) is 0 Å². The number of aromatic nitrogens is 2. The second-order valence-electron chi connectivity index (χ2n) is 6.38. The lowest BCUT2D eigenvalue weighted by molar-refractivity contribution is 0.302. The zero-order valence-corrected chi connectivity index (χ0v) is 13.8. The van der Waals surface area contributed by atoms with Gasteiger partial charge in [0.2, 0.25) is 0 Å². The highest BCUT2D eigenvalue weighted by atomic mass is 35.5. The molecule has 114 valence electrons. The first kappa shape index (κ1) is 14.9. The van der Waals surface area contributed by atoms with Crippen molar-refractivity contribution in [2.75, 3.05) is 0 Å². The molecular weight excluding hydrogens is 296 g/mol. The van der Waals surface area contributed by atoms with Crippen molar-refractivity contribution in [3.05, 3.63) is 65.1 Å². The smallest absolute Gasteiger partial charge is 0.138 e. The lowest BCUT2D eigenvalue weighted by Gasteiger charge is -2.20. The quantitative estimate of drug-likeness (QED) is 0.690. The summed E-state index contributed by atoms with van der Waals surface area (Å²) in [5, 5.41) is 0.635. The van der Waals surface area contributed by atoms with Crippen LogP contribution in [0.3, 0.4) is 0 Å². The first-order valence-electron chi connectivity index (χ1n) is 7.29. The predicted octanol–water partition coefficient (Wildman–Crippen LogP) is 4.86. The van der Waals surface area contributed by atoms with Gasteiger partial charge < -0.3 is 9.14 Å². The largest absolute Gasteiger partial charge is 0.486 e. The molecule has 0 aliphatic heterocycles. The van der Waals surface area contributed by atoms with Crippen molar-refractivity contribution < 1.29 is 4.74 Å². The van der Waals surface area contributed by atoms with Crippen LogP contribution in [0.4, 0.5) is 0 Å². The summed E-state index contributed by atoms with van der Waals surface area (Å²) in [7, 11) is 0. The number of imidazole rings is 1. The van der Waals surface area contributed by atoms with Gasteiger partial charge in [-0.3, -0.25) is 0 Å². The zero-order valence-electron chi connectivity index (χ0n) is 13.0. The number of fused-ring (bicyclic) bond motifs is 1. The van der Waals surface area contributed by atoms with Crippen molar-refractivity contribution in [2.45, 2.75) is 32.8 Å². The van der Waals surface area contributed by atoms with Crippen molar-refractivity contribution in [3.63, 3.8) is 0 Å².